The first-order valence-electron chi connectivity index (χ1n) is 7.68. The van der Waals surface area contributed by atoms with Crippen LogP contribution in [0.25, 0.3) is 16.3 Å². The lowest BCUT2D eigenvalue weighted by Crippen LogP contribution is -2.15. The summed E-state index contributed by atoms with van der Waals surface area (Å²) in [6.07, 6.45) is 3.13. The highest BCUT2D eigenvalue weighted by Gasteiger charge is 2.11. The summed E-state index contributed by atoms with van der Waals surface area (Å²) in [5, 5.41) is 11.0. The van der Waals surface area contributed by atoms with Crippen molar-refractivity contribution in [2.75, 3.05) is 0 Å². The van der Waals surface area contributed by atoms with Gasteiger partial charge in [-0.1, -0.05) is 41.7 Å². The monoisotopic (exact) mass is 353 g/mol. The third-order valence-corrected chi connectivity index (χ3v) is 4.68. The van der Waals surface area contributed by atoms with E-state index in [0.29, 0.717) is 16.9 Å². The Labute approximate surface area is 147 Å². The Hall–Kier alpha value is -3.06. The third kappa shape index (κ3) is 3.72. The number of non-ortho nitro benzene ring substituents is 1. The Kier molecular flexibility index (Phi) is 4.85. The van der Waals surface area contributed by atoms with Gasteiger partial charge in [-0.15, -0.1) is 0 Å². The van der Waals surface area contributed by atoms with Crippen molar-refractivity contribution in [3.63, 3.8) is 0 Å². The highest BCUT2D eigenvalue weighted by molar-refractivity contribution is 7.16. The number of nitro benzene ring substituents is 1. The molecule has 3 aromatic rings. The molecule has 126 valence electrons. The van der Waals surface area contributed by atoms with E-state index in [1.54, 1.807) is 16.7 Å². The highest BCUT2D eigenvalue weighted by atomic mass is 32.1. The predicted octanol–water partition coefficient (Wildman–Crippen LogP) is 3.77. The molecule has 0 spiro atoms. The number of rotatable bonds is 4. The average Bonchev–Trinajstić information content (AvgIpc) is 2.96. The minimum atomic E-state index is -0.429. The second-order valence-corrected chi connectivity index (χ2v) is 6.24. The molecule has 0 bridgehead atoms. The summed E-state index contributed by atoms with van der Waals surface area (Å²) in [5.74, 6) is -0.368. The molecule has 6 nitrogen and oxygen atoms in total. The molecule has 0 aliphatic rings. The molecule has 0 radical (unpaired) electrons. The molecule has 3 rings (SSSR count). The molecule has 25 heavy (non-hydrogen) atoms. The van der Waals surface area contributed by atoms with Crippen molar-refractivity contribution >= 4 is 39.2 Å². The topological polar surface area (TPSA) is 77.5 Å². The third-order valence-electron chi connectivity index (χ3n) is 3.62. The second-order valence-electron chi connectivity index (χ2n) is 5.23. The lowest BCUT2D eigenvalue weighted by Gasteiger charge is -1.99. The van der Waals surface area contributed by atoms with E-state index in [2.05, 4.69) is 4.99 Å². The van der Waals surface area contributed by atoms with E-state index in [0.717, 1.165) is 10.3 Å². The molecule has 0 fully saturated rings. The van der Waals surface area contributed by atoms with E-state index < -0.39 is 4.92 Å². The fourth-order valence-electron chi connectivity index (χ4n) is 2.43. The molecule has 1 amide bonds. The number of nitrogens with zero attached hydrogens (tertiary/aromatic N) is 3. The Bertz CT molecular complexity index is 1030. The van der Waals surface area contributed by atoms with Gasteiger partial charge >= 0.3 is 0 Å². The summed E-state index contributed by atoms with van der Waals surface area (Å²) < 4.78 is 2.66. The Morgan fingerprint density at radius 2 is 2.04 bits per heavy atom. The molecule has 1 heterocycles. The molecule has 0 unspecified atom stereocenters. The van der Waals surface area contributed by atoms with Gasteiger partial charge in [0.15, 0.2) is 4.80 Å². The SMILES string of the molecule is CCn1c(=NC(=O)C=Cc2ccccc2)sc2ccc([N+](=O)[O-])cc21. The average molecular weight is 353 g/mol. The van der Waals surface area contributed by atoms with E-state index in [4.69, 9.17) is 0 Å². The van der Waals surface area contributed by atoms with Crippen LogP contribution in [0.2, 0.25) is 0 Å². The molecule has 0 atom stereocenters. The van der Waals surface area contributed by atoms with Crippen LogP contribution in [0, 0.1) is 10.1 Å². The van der Waals surface area contributed by atoms with Gasteiger partial charge in [0.1, 0.15) is 0 Å². The van der Waals surface area contributed by atoms with Crippen molar-refractivity contribution in [3.8, 4) is 0 Å². The highest BCUT2D eigenvalue weighted by Crippen LogP contribution is 2.23. The largest absolute Gasteiger partial charge is 0.316 e. The summed E-state index contributed by atoms with van der Waals surface area (Å²) in [6, 6.07) is 14.1. The summed E-state index contributed by atoms with van der Waals surface area (Å²) in [5.41, 5.74) is 1.65. The summed E-state index contributed by atoms with van der Waals surface area (Å²) in [6.45, 7) is 2.48. The standard InChI is InChI=1S/C18H15N3O3S/c1-2-20-15-12-14(21(23)24)9-10-16(15)25-18(20)19-17(22)11-8-13-6-4-3-5-7-13/h3-12H,2H2,1H3. The van der Waals surface area contributed by atoms with Crippen molar-refractivity contribution in [1.29, 1.82) is 0 Å². The number of benzene rings is 2. The van der Waals surface area contributed by atoms with Gasteiger partial charge in [-0.05, 0) is 24.6 Å². The van der Waals surface area contributed by atoms with Crippen molar-refractivity contribution in [2.45, 2.75) is 13.5 Å². The molecule has 0 aliphatic heterocycles. The maximum atomic E-state index is 12.1. The minimum absolute atomic E-state index is 0.0225. The quantitative estimate of drug-likeness (QED) is 0.407. The molecule has 0 aliphatic carbocycles. The molecule has 0 N–H and O–H groups in total. The van der Waals surface area contributed by atoms with E-state index in [1.165, 1.54) is 29.5 Å². The molecule has 2 aromatic carbocycles. The van der Waals surface area contributed by atoms with Crippen molar-refractivity contribution in [1.82, 2.24) is 4.57 Å². The first kappa shape index (κ1) is 16.8. The number of amides is 1. The summed E-state index contributed by atoms with van der Waals surface area (Å²) >= 11 is 1.34. The van der Waals surface area contributed by atoms with E-state index in [1.807, 2.05) is 37.3 Å². The van der Waals surface area contributed by atoms with Crippen LogP contribution in [0.1, 0.15) is 12.5 Å². The number of carbonyl (C=O) groups excluding carboxylic acids is 1. The van der Waals surface area contributed by atoms with Crippen LogP contribution in [0.5, 0.6) is 0 Å². The van der Waals surface area contributed by atoms with Crippen LogP contribution in [0.15, 0.2) is 59.6 Å². The lowest BCUT2D eigenvalue weighted by atomic mass is 10.2. The van der Waals surface area contributed by atoms with Crippen molar-refractivity contribution in [2.24, 2.45) is 4.99 Å². The van der Waals surface area contributed by atoms with Gasteiger partial charge in [-0.25, -0.2) is 0 Å². The smallest absolute Gasteiger partial charge is 0.272 e. The van der Waals surface area contributed by atoms with E-state index >= 15 is 0 Å². The van der Waals surface area contributed by atoms with Crippen LogP contribution in [0.3, 0.4) is 0 Å². The van der Waals surface area contributed by atoms with E-state index in [-0.39, 0.29) is 11.6 Å². The zero-order chi connectivity index (χ0) is 17.8. The first-order valence-corrected chi connectivity index (χ1v) is 8.49. The van der Waals surface area contributed by atoms with Gasteiger partial charge < -0.3 is 4.57 Å². The maximum Gasteiger partial charge on any atom is 0.272 e. The lowest BCUT2D eigenvalue weighted by molar-refractivity contribution is -0.384. The number of aryl methyl sites for hydroxylation is 1. The molecule has 0 saturated heterocycles. The van der Waals surface area contributed by atoms with E-state index in [9.17, 15) is 14.9 Å². The van der Waals surface area contributed by atoms with Crippen LogP contribution >= 0.6 is 11.3 Å². The van der Waals surface area contributed by atoms with Crippen LogP contribution in [-0.2, 0) is 11.3 Å². The molecule has 7 heteroatoms. The zero-order valence-corrected chi connectivity index (χ0v) is 14.3. The number of fused-ring (bicyclic) bond motifs is 1. The number of carbonyl (C=O) groups is 1. The Balaban J connectivity index is 1.99. The molecular weight excluding hydrogens is 338 g/mol. The first-order chi connectivity index (χ1) is 12.1. The predicted molar refractivity (Wildman–Crippen MR) is 98.2 cm³/mol. The van der Waals surface area contributed by atoms with Gasteiger partial charge in [-0.2, -0.15) is 4.99 Å². The van der Waals surface area contributed by atoms with Gasteiger partial charge in [-0.3, -0.25) is 14.9 Å². The maximum absolute atomic E-state index is 12.1. The Morgan fingerprint density at radius 1 is 1.28 bits per heavy atom. The summed E-state index contributed by atoms with van der Waals surface area (Å²) in [7, 11) is 0. The number of hydrogen-bond acceptors (Lipinski definition) is 4. The van der Waals surface area contributed by atoms with Crippen molar-refractivity contribution < 1.29 is 9.72 Å². The zero-order valence-electron chi connectivity index (χ0n) is 13.5. The van der Waals surface area contributed by atoms with Crippen molar-refractivity contribution in [3.05, 3.63) is 75.1 Å². The number of thiazole rings is 1. The fourth-order valence-corrected chi connectivity index (χ4v) is 3.50. The number of aromatic nitrogens is 1. The fraction of sp³-hybridized carbons (Fsp3) is 0.111. The molecule has 0 saturated carbocycles. The van der Waals surface area contributed by atoms with Gasteiger partial charge in [0.05, 0.1) is 15.1 Å². The second kappa shape index (κ2) is 7.23. The number of nitro groups is 1. The van der Waals surface area contributed by atoms with Gasteiger partial charge in [0.25, 0.3) is 11.6 Å². The molecular formula is C18H15N3O3S. The summed E-state index contributed by atoms with van der Waals surface area (Å²) in [4.78, 5) is 27.3. The molecule has 1 aromatic heterocycles. The minimum Gasteiger partial charge on any atom is -0.316 e. The van der Waals surface area contributed by atoms with Crippen LogP contribution in [0.4, 0.5) is 5.69 Å². The van der Waals surface area contributed by atoms with Crippen LogP contribution in [-0.4, -0.2) is 15.4 Å². The van der Waals surface area contributed by atoms with Crippen LogP contribution < -0.4 is 4.80 Å². The van der Waals surface area contributed by atoms with Gasteiger partial charge in [0, 0.05) is 24.8 Å². The normalized spacial score (nSPS) is 12.1. The number of hydrogen-bond donors (Lipinski definition) is 0. The van der Waals surface area contributed by atoms with Gasteiger partial charge in [0.2, 0.25) is 0 Å². The Morgan fingerprint density at radius 3 is 2.72 bits per heavy atom.